The Morgan fingerprint density at radius 3 is 2.25 bits per heavy atom. The lowest BCUT2D eigenvalue weighted by Crippen LogP contribution is -2.26. The summed E-state index contributed by atoms with van der Waals surface area (Å²) in [5.74, 6) is 0.602. The second-order valence-corrected chi connectivity index (χ2v) is 5.56. The molecular weight excluding hydrogens is 325 g/mol. The van der Waals surface area contributed by atoms with E-state index in [9.17, 15) is 13.2 Å². The molecule has 0 radical (unpaired) electrons. The van der Waals surface area contributed by atoms with Gasteiger partial charge in [0.15, 0.2) is 0 Å². The van der Waals surface area contributed by atoms with Crippen molar-refractivity contribution in [1.29, 1.82) is 0 Å². The number of hydrogen-bond acceptors (Lipinski definition) is 6. The van der Waals surface area contributed by atoms with Crippen molar-refractivity contribution in [2.24, 2.45) is 0 Å². The maximum Gasteiger partial charge on any atom is 0.417 e. The first-order chi connectivity index (χ1) is 11.3. The van der Waals surface area contributed by atoms with Crippen LogP contribution in [0.5, 0.6) is 0 Å². The number of anilines is 2. The Morgan fingerprint density at radius 1 is 1.04 bits per heavy atom. The Balaban J connectivity index is 1.77. The second kappa shape index (κ2) is 6.25. The Labute approximate surface area is 135 Å². The van der Waals surface area contributed by atoms with Crippen LogP contribution in [0.15, 0.2) is 36.7 Å². The van der Waals surface area contributed by atoms with Crippen LogP contribution in [0.4, 0.5) is 24.7 Å². The third-order valence-corrected chi connectivity index (χ3v) is 3.73. The van der Waals surface area contributed by atoms with Gasteiger partial charge in [0, 0.05) is 12.2 Å². The van der Waals surface area contributed by atoms with Crippen LogP contribution in [0.1, 0.15) is 24.1 Å². The number of hydrogen-bond donors (Lipinski definition) is 2. The minimum absolute atomic E-state index is 0.0321. The number of nitrogens with zero attached hydrogens (tertiary/aromatic N) is 4. The van der Waals surface area contributed by atoms with Crippen LogP contribution in [0.25, 0.3) is 0 Å². The molecule has 0 bridgehead atoms. The van der Waals surface area contributed by atoms with Gasteiger partial charge < -0.3 is 4.90 Å². The summed E-state index contributed by atoms with van der Waals surface area (Å²) in [6.07, 6.45) is -0.344. The molecule has 128 valence electrons. The summed E-state index contributed by atoms with van der Waals surface area (Å²) in [5.41, 5.74) is -0.161. The lowest BCUT2D eigenvalue weighted by atomic mass is 10.2. The van der Waals surface area contributed by atoms with Crippen LogP contribution < -0.4 is 10.1 Å². The lowest BCUT2D eigenvalue weighted by molar-refractivity contribution is -0.137. The van der Waals surface area contributed by atoms with E-state index in [1.165, 1.54) is 18.3 Å². The molecule has 2 aromatic heterocycles. The van der Waals surface area contributed by atoms with Crippen molar-refractivity contribution in [1.82, 2.24) is 9.97 Å². The van der Waals surface area contributed by atoms with E-state index in [4.69, 9.17) is 10.4 Å². The average Bonchev–Trinajstić information content (AvgIpc) is 3.37. The van der Waals surface area contributed by atoms with Crippen molar-refractivity contribution in [3.05, 3.63) is 47.9 Å². The second-order valence-electron chi connectivity index (χ2n) is 5.56. The van der Waals surface area contributed by atoms with E-state index in [1.54, 1.807) is 6.07 Å². The minimum Gasteiger partial charge on any atom is -0.348 e. The quantitative estimate of drug-likeness (QED) is 0.814. The van der Waals surface area contributed by atoms with Gasteiger partial charge in [0.1, 0.15) is 11.5 Å². The summed E-state index contributed by atoms with van der Waals surface area (Å²) in [6, 6.07) is 5.73. The van der Waals surface area contributed by atoms with Gasteiger partial charge in [-0.05, 0) is 37.1 Å². The van der Waals surface area contributed by atoms with Crippen molar-refractivity contribution >= 4 is 11.5 Å². The molecule has 6 nitrogen and oxygen atoms in total. The van der Waals surface area contributed by atoms with Gasteiger partial charge in [-0.2, -0.15) is 13.2 Å². The molecule has 0 amide bonds. The van der Waals surface area contributed by atoms with Gasteiger partial charge in [0.05, 0.1) is 24.0 Å². The highest BCUT2D eigenvalue weighted by atomic mass is 19.4. The summed E-state index contributed by atoms with van der Waals surface area (Å²) in [4.78, 5) is 10.0. The fourth-order valence-electron chi connectivity index (χ4n) is 2.31. The summed E-state index contributed by atoms with van der Waals surface area (Å²) in [5, 5.41) is 17.8. The maximum absolute atomic E-state index is 12.6. The van der Waals surface area contributed by atoms with E-state index in [-0.39, 0.29) is 17.0 Å². The van der Waals surface area contributed by atoms with Gasteiger partial charge >= 0.3 is 6.18 Å². The van der Waals surface area contributed by atoms with E-state index in [0.717, 1.165) is 25.1 Å². The zero-order valence-corrected chi connectivity index (χ0v) is 12.5. The molecule has 0 aromatic carbocycles. The Hall–Kier alpha value is -2.39. The molecule has 2 N–H and O–H groups in total. The van der Waals surface area contributed by atoms with Crippen molar-refractivity contribution in [3.63, 3.8) is 0 Å². The molecule has 1 aliphatic rings. The monoisotopic (exact) mass is 340 g/mol. The molecule has 2 aromatic rings. The number of alkyl halides is 3. The largest absolute Gasteiger partial charge is 0.417 e. The maximum atomic E-state index is 12.6. The van der Waals surface area contributed by atoms with Crippen LogP contribution >= 0.6 is 0 Å². The van der Waals surface area contributed by atoms with Crippen LogP contribution in [-0.4, -0.2) is 26.4 Å². The summed E-state index contributed by atoms with van der Waals surface area (Å²) in [7, 11) is 0. The summed E-state index contributed by atoms with van der Waals surface area (Å²) in [6.45, 7) is 0.330. The minimum atomic E-state index is -4.40. The molecule has 0 saturated heterocycles. The standard InChI is InChI=1S/C15H15F3N4O2/c16-15(17,18)10-1-2-11(19-7-10)9-21(12-3-4-12)14-6-5-13(8-20-14)22(23)24/h1-2,5-8,12,23-24H,3-4,9H2. The fraction of sp³-hybridized carbons (Fsp3) is 0.333. The van der Waals surface area contributed by atoms with Crippen LogP contribution in [0, 0.1) is 0 Å². The molecule has 1 fully saturated rings. The molecule has 1 aliphatic carbocycles. The van der Waals surface area contributed by atoms with Crippen LogP contribution in [-0.2, 0) is 12.7 Å². The first kappa shape index (κ1) is 16.5. The average molecular weight is 340 g/mol. The van der Waals surface area contributed by atoms with Gasteiger partial charge in [0.25, 0.3) is 0 Å². The van der Waals surface area contributed by atoms with E-state index < -0.39 is 11.7 Å². The first-order valence-electron chi connectivity index (χ1n) is 7.27. The van der Waals surface area contributed by atoms with E-state index in [0.29, 0.717) is 18.1 Å². The number of pyridine rings is 2. The van der Waals surface area contributed by atoms with Gasteiger partial charge in [-0.25, -0.2) is 4.98 Å². The third-order valence-electron chi connectivity index (χ3n) is 3.73. The third kappa shape index (κ3) is 3.74. The normalized spacial score (nSPS) is 14.5. The predicted octanol–water partition coefficient (Wildman–Crippen LogP) is 3.25. The van der Waals surface area contributed by atoms with Crippen LogP contribution in [0.3, 0.4) is 0 Å². The van der Waals surface area contributed by atoms with Crippen LogP contribution in [0.2, 0.25) is 0 Å². The fourth-order valence-corrected chi connectivity index (χ4v) is 2.31. The van der Waals surface area contributed by atoms with E-state index in [2.05, 4.69) is 9.97 Å². The molecule has 0 spiro atoms. The van der Waals surface area contributed by atoms with Gasteiger partial charge in [-0.15, -0.1) is 5.23 Å². The highest BCUT2D eigenvalue weighted by Crippen LogP contribution is 2.33. The predicted molar refractivity (Wildman–Crippen MR) is 78.7 cm³/mol. The Bertz CT molecular complexity index is 685. The summed E-state index contributed by atoms with van der Waals surface area (Å²) >= 11 is 0. The zero-order valence-electron chi connectivity index (χ0n) is 12.5. The Kier molecular flexibility index (Phi) is 4.29. The highest BCUT2D eigenvalue weighted by molar-refractivity contribution is 5.49. The first-order valence-corrected chi connectivity index (χ1v) is 7.27. The molecule has 0 aliphatic heterocycles. The SMILES string of the molecule is ON(O)c1ccc(N(Cc2ccc(C(F)(F)F)cn2)C2CC2)nc1. The smallest absolute Gasteiger partial charge is 0.348 e. The van der Waals surface area contributed by atoms with Crippen molar-refractivity contribution in [2.45, 2.75) is 31.6 Å². The van der Waals surface area contributed by atoms with Gasteiger partial charge in [-0.1, -0.05) is 0 Å². The molecule has 3 rings (SSSR count). The summed E-state index contributed by atoms with van der Waals surface area (Å²) < 4.78 is 37.7. The molecule has 0 unspecified atom stereocenters. The van der Waals surface area contributed by atoms with Gasteiger partial charge in [-0.3, -0.25) is 15.4 Å². The number of rotatable bonds is 5. The van der Waals surface area contributed by atoms with Gasteiger partial charge in [0.2, 0.25) is 0 Å². The lowest BCUT2D eigenvalue weighted by Gasteiger charge is -2.23. The van der Waals surface area contributed by atoms with Crippen molar-refractivity contribution in [3.8, 4) is 0 Å². The van der Waals surface area contributed by atoms with E-state index >= 15 is 0 Å². The molecule has 0 atom stereocenters. The molecular formula is C15H15F3N4O2. The molecule has 9 heteroatoms. The van der Waals surface area contributed by atoms with E-state index in [1.807, 2.05) is 4.90 Å². The Morgan fingerprint density at radius 2 is 1.79 bits per heavy atom. The highest BCUT2D eigenvalue weighted by Gasteiger charge is 2.32. The topological polar surface area (TPSA) is 72.7 Å². The van der Waals surface area contributed by atoms with Crippen molar-refractivity contribution < 1.29 is 23.6 Å². The molecule has 24 heavy (non-hydrogen) atoms. The molecule has 2 heterocycles. The number of aromatic nitrogens is 2. The molecule has 1 saturated carbocycles. The zero-order chi connectivity index (χ0) is 17.3. The van der Waals surface area contributed by atoms with Crippen molar-refractivity contribution in [2.75, 3.05) is 10.1 Å². The number of halogens is 3.